The number of hydrogen-bond acceptors (Lipinski definition) is 6. The molecule has 7 nitrogen and oxygen atoms in total. The fraction of sp³-hybridized carbons (Fsp3) is 0.286. The van der Waals surface area contributed by atoms with Crippen molar-refractivity contribution in [2.75, 3.05) is 12.0 Å². The summed E-state index contributed by atoms with van der Waals surface area (Å²) in [4.78, 5) is 29.3. The van der Waals surface area contributed by atoms with E-state index in [9.17, 15) is 18.0 Å². The maximum absolute atomic E-state index is 12.7. The van der Waals surface area contributed by atoms with Crippen LogP contribution in [0.4, 0.5) is 0 Å². The van der Waals surface area contributed by atoms with Crippen molar-refractivity contribution in [3.05, 3.63) is 81.9 Å². The van der Waals surface area contributed by atoms with Crippen molar-refractivity contribution in [2.24, 2.45) is 0 Å². The first-order valence-corrected chi connectivity index (χ1v) is 11.2. The number of hydrogen-bond donors (Lipinski definition) is 0. The molecule has 0 aliphatic carbocycles. The number of fused-ring (bicyclic) bond motifs is 1. The summed E-state index contributed by atoms with van der Waals surface area (Å²) in [6, 6.07) is 13.8. The highest BCUT2D eigenvalue weighted by molar-refractivity contribution is 7.90. The molecule has 2 aromatic heterocycles. The van der Waals surface area contributed by atoms with Crippen molar-refractivity contribution in [1.82, 2.24) is 9.38 Å². The molecule has 0 saturated carbocycles. The molecule has 0 radical (unpaired) electrons. The number of carbonyl (C=O) groups excluding carboxylic acids is 1. The van der Waals surface area contributed by atoms with Crippen LogP contribution in [0, 0.1) is 6.92 Å². The minimum atomic E-state index is -3.23. The van der Waals surface area contributed by atoms with Crippen LogP contribution in [0.2, 0.25) is 0 Å². The van der Waals surface area contributed by atoms with Crippen LogP contribution in [0.25, 0.3) is 5.65 Å². The largest absolute Gasteiger partial charge is 0.459 e. The first-order chi connectivity index (χ1) is 13.7. The Morgan fingerprint density at radius 3 is 2.59 bits per heavy atom. The highest BCUT2D eigenvalue weighted by atomic mass is 32.2. The van der Waals surface area contributed by atoms with E-state index >= 15 is 0 Å². The molecule has 3 rings (SSSR count). The van der Waals surface area contributed by atoms with Crippen molar-refractivity contribution in [2.45, 2.75) is 25.9 Å². The smallest absolute Gasteiger partial charge is 0.313 e. The Balaban J connectivity index is 1.78. The fourth-order valence-corrected chi connectivity index (χ4v) is 3.68. The molecule has 0 fully saturated rings. The summed E-state index contributed by atoms with van der Waals surface area (Å²) in [5.74, 6) is -1.39. The van der Waals surface area contributed by atoms with Crippen LogP contribution in [-0.2, 0) is 26.0 Å². The van der Waals surface area contributed by atoms with Crippen molar-refractivity contribution in [1.29, 1.82) is 0 Å². The van der Waals surface area contributed by atoms with Crippen molar-refractivity contribution in [3.8, 4) is 0 Å². The van der Waals surface area contributed by atoms with Crippen LogP contribution >= 0.6 is 0 Å². The third-order valence-electron chi connectivity index (χ3n) is 4.49. The first kappa shape index (κ1) is 20.7. The van der Waals surface area contributed by atoms with E-state index in [1.54, 1.807) is 36.5 Å². The van der Waals surface area contributed by atoms with E-state index in [0.717, 1.165) is 11.8 Å². The summed E-state index contributed by atoms with van der Waals surface area (Å²) in [5, 5.41) is 0. The molecule has 29 heavy (non-hydrogen) atoms. The average Bonchev–Trinajstić information content (AvgIpc) is 2.67. The molecule has 0 bridgehead atoms. The zero-order chi connectivity index (χ0) is 21.0. The van der Waals surface area contributed by atoms with Gasteiger partial charge in [-0.1, -0.05) is 36.4 Å². The molecule has 0 aliphatic rings. The Kier molecular flexibility index (Phi) is 6.12. The number of benzene rings is 1. The third kappa shape index (κ3) is 5.51. The number of nitrogens with zero attached hydrogens (tertiary/aromatic N) is 2. The van der Waals surface area contributed by atoms with Gasteiger partial charge in [-0.15, -0.1) is 0 Å². The van der Waals surface area contributed by atoms with Crippen molar-refractivity contribution in [3.63, 3.8) is 0 Å². The van der Waals surface area contributed by atoms with Crippen LogP contribution < -0.4 is 5.56 Å². The standard InChI is InChI=1S/C21H22N2O5S/c1-15-8-9-19-22-17(12-20(24)23(19)13-15)14-28-21(25)18(10-11-29(2,26)27)16-6-4-3-5-7-16/h3-9,12-13,18H,10-11,14H2,1-2H3. The predicted molar refractivity (Wildman–Crippen MR) is 110 cm³/mol. The fourth-order valence-electron chi connectivity index (χ4n) is 3.02. The topological polar surface area (TPSA) is 94.8 Å². The number of pyridine rings is 1. The van der Waals surface area contributed by atoms with Gasteiger partial charge in [0.1, 0.15) is 22.1 Å². The van der Waals surface area contributed by atoms with Gasteiger partial charge in [0.05, 0.1) is 17.4 Å². The molecule has 0 aliphatic heterocycles. The molecule has 0 saturated heterocycles. The maximum atomic E-state index is 12.7. The molecule has 1 atom stereocenters. The lowest BCUT2D eigenvalue weighted by Crippen LogP contribution is -2.21. The SMILES string of the molecule is Cc1ccc2nc(COC(=O)C(CCS(C)(=O)=O)c3ccccc3)cc(=O)n2c1. The van der Waals surface area contributed by atoms with Gasteiger partial charge in [-0.25, -0.2) is 13.4 Å². The Hall–Kier alpha value is -3.00. The quantitative estimate of drug-likeness (QED) is 0.551. The van der Waals surface area contributed by atoms with Crippen molar-refractivity contribution >= 4 is 21.5 Å². The molecule has 8 heteroatoms. The van der Waals surface area contributed by atoms with Crippen LogP contribution in [0.1, 0.15) is 29.2 Å². The predicted octanol–water partition coefficient (Wildman–Crippen LogP) is 2.26. The molecule has 0 N–H and O–H groups in total. The highest BCUT2D eigenvalue weighted by Gasteiger charge is 2.24. The molecule has 1 unspecified atom stereocenters. The van der Waals surface area contributed by atoms with Gasteiger partial charge in [-0.05, 0) is 30.5 Å². The van der Waals surface area contributed by atoms with Gasteiger partial charge in [0.15, 0.2) is 0 Å². The van der Waals surface area contributed by atoms with Crippen LogP contribution in [0.15, 0.2) is 59.5 Å². The summed E-state index contributed by atoms with van der Waals surface area (Å²) >= 11 is 0. The Morgan fingerprint density at radius 2 is 1.90 bits per heavy atom. The van der Waals surface area contributed by atoms with E-state index in [1.807, 2.05) is 19.1 Å². The molecule has 3 aromatic rings. The summed E-state index contributed by atoms with van der Waals surface area (Å²) < 4.78 is 29.9. The molecular weight excluding hydrogens is 392 g/mol. The van der Waals surface area contributed by atoms with Gasteiger partial charge in [0.2, 0.25) is 0 Å². The van der Waals surface area contributed by atoms with E-state index in [2.05, 4.69) is 4.98 Å². The summed E-state index contributed by atoms with van der Waals surface area (Å²) in [6.45, 7) is 1.71. The molecule has 152 valence electrons. The molecule has 0 amide bonds. The van der Waals surface area contributed by atoms with Gasteiger partial charge in [-0.2, -0.15) is 0 Å². The van der Waals surface area contributed by atoms with E-state index < -0.39 is 21.7 Å². The minimum absolute atomic E-state index is 0.120. The zero-order valence-electron chi connectivity index (χ0n) is 16.2. The van der Waals surface area contributed by atoms with Crippen LogP contribution in [0.3, 0.4) is 0 Å². The van der Waals surface area contributed by atoms with Crippen LogP contribution in [0.5, 0.6) is 0 Å². The van der Waals surface area contributed by atoms with Gasteiger partial charge in [0, 0.05) is 18.5 Å². The number of sulfone groups is 1. The number of ether oxygens (including phenoxy) is 1. The number of aryl methyl sites for hydroxylation is 1. The second-order valence-corrected chi connectivity index (χ2v) is 9.27. The summed E-state index contributed by atoms with van der Waals surface area (Å²) in [7, 11) is -3.23. The van der Waals surface area contributed by atoms with E-state index in [0.29, 0.717) is 16.9 Å². The lowest BCUT2D eigenvalue weighted by atomic mass is 9.97. The van der Waals surface area contributed by atoms with Gasteiger partial charge >= 0.3 is 5.97 Å². The first-order valence-electron chi connectivity index (χ1n) is 9.11. The lowest BCUT2D eigenvalue weighted by molar-refractivity contribution is -0.147. The van der Waals surface area contributed by atoms with Crippen molar-refractivity contribution < 1.29 is 17.9 Å². The van der Waals surface area contributed by atoms with E-state index in [-0.39, 0.29) is 24.3 Å². The molecule has 2 heterocycles. The van der Waals surface area contributed by atoms with Crippen LogP contribution in [-0.4, -0.2) is 35.8 Å². The molecule has 1 aromatic carbocycles. The maximum Gasteiger partial charge on any atom is 0.313 e. The second kappa shape index (κ2) is 8.57. The normalized spacial score (nSPS) is 12.6. The Labute approximate surface area is 168 Å². The monoisotopic (exact) mass is 414 g/mol. The van der Waals surface area contributed by atoms with E-state index in [1.165, 1.54) is 10.5 Å². The minimum Gasteiger partial charge on any atom is -0.459 e. The third-order valence-corrected chi connectivity index (χ3v) is 5.46. The Bertz CT molecular complexity index is 1190. The van der Waals surface area contributed by atoms with Gasteiger partial charge in [0.25, 0.3) is 5.56 Å². The van der Waals surface area contributed by atoms with Gasteiger partial charge in [-0.3, -0.25) is 14.0 Å². The lowest BCUT2D eigenvalue weighted by Gasteiger charge is -2.16. The highest BCUT2D eigenvalue weighted by Crippen LogP contribution is 2.22. The summed E-state index contributed by atoms with van der Waals surface area (Å²) in [6.07, 6.45) is 2.94. The molecule has 0 spiro atoms. The molecular formula is C21H22N2O5S. The number of rotatable bonds is 7. The second-order valence-electron chi connectivity index (χ2n) is 7.01. The number of aromatic nitrogens is 2. The zero-order valence-corrected chi connectivity index (χ0v) is 17.1. The number of carbonyl (C=O) groups is 1. The number of esters is 1. The average molecular weight is 414 g/mol. The Morgan fingerprint density at radius 1 is 1.17 bits per heavy atom. The van der Waals surface area contributed by atoms with E-state index in [4.69, 9.17) is 4.74 Å². The van der Waals surface area contributed by atoms with Gasteiger partial charge < -0.3 is 4.74 Å². The summed E-state index contributed by atoms with van der Waals surface area (Å²) in [5.41, 5.74) is 2.15.